The fourth-order valence-electron chi connectivity index (χ4n) is 1.94. The van der Waals surface area contributed by atoms with Gasteiger partial charge in [0, 0.05) is 11.8 Å². The van der Waals surface area contributed by atoms with E-state index in [9.17, 15) is 9.59 Å². The van der Waals surface area contributed by atoms with E-state index in [-0.39, 0.29) is 5.56 Å². The predicted molar refractivity (Wildman–Crippen MR) is 72.6 cm³/mol. The molecular formula is C14H13NO5. The first kappa shape index (κ1) is 13.7. The van der Waals surface area contributed by atoms with Gasteiger partial charge in [-0.3, -0.25) is 4.79 Å². The molecule has 6 nitrogen and oxygen atoms in total. The summed E-state index contributed by atoms with van der Waals surface area (Å²) in [4.78, 5) is 25.2. The van der Waals surface area contributed by atoms with Crippen LogP contribution in [0.25, 0.3) is 11.1 Å². The molecule has 0 spiro atoms. The topological polar surface area (TPSA) is 88.6 Å². The van der Waals surface area contributed by atoms with Gasteiger partial charge in [-0.15, -0.1) is 0 Å². The first-order valence-electron chi connectivity index (χ1n) is 5.76. The Bertz CT molecular complexity index is 705. The number of carbonyl (C=O) groups is 1. The van der Waals surface area contributed by atoms with Gasteiger partial charge in [-0.1, -0.05) is 6.07 Å². The van der Waals surface area contributed by atoms with Crippen molar-refractivity contribution in [3.63, 3.8) is 0 Å². The van der Waals surface area contributed by atoms with Crippen molar-refractivity contribution >= 4 is 5.97 Å². The molecule has 0 saturated heterocycles. The first-order chi connectivity index (χ1) is 9.58. The van der Waals surface area contributed by atoms with E-state index in [1.165, 1.54) is 26.5 Å². The third kappa shape index (κ3) is 2.35. The second kappa shape index (κ2) is 5.48. The minimum atomic E-state index is -1.28. The van der Waals surface area contributed by atoms with Gasteiger partial charge in [0.1, 0.15) is 5.56 Å². The van der Waals surface area contributed by atoms with Crippen LogP contribution in [0.15, 0.2) is 35.3 Å². The van der Waals surface area contributed by atoms with E-state index < -0.39 is 11.5 Å². The number of pyridine rings is 1. The van der Waals surface area contributed by atoms with E-state index in [2.05, 4.69) is 4.98 Å². The van der Waals surface area contributed by atoms with Crippen molar-refractivity contribution in [3.8, 4) is 22.6 Å². The zero-order chi connectivity index (χ0) is 14.7. The Morgan fingerprint density at radius 2 is 1.85 bits per heavy atom. The summed E-state index contributed by atoms with van der Waals surface area (Å²) in [5.74, 6) is -0.295. The van der Waals surface area contributed by atoms with Gasteiger partial charge in [0.05, 0.1) is 14.2 Å². The Kier molecular flexibility index (Phi) is 3.74. The number of methoxy groups -OCH3 is 2. The van der Waals surface area contributed by atoms with E-state index in [1.54, 1.807) is 18.2 Å². The highest BCUT2D eigenvalue weighted by atomic mass is 16.5. The fourth-order valence-corrected chi connectivity index (χ4v) is 1.94. The van der Waals surface area contributed by atoms with Crippen molar-refractivity contribution < 1.29 is 19.4 Å². The standard InChI is InChI=1S/C14H13NO5/c1-19-10-4-3-8(7-11(10)20-2)9-5-6-15-13(16)12(9)14(17)18/h3-7H,1-2H3,(H,15,16)(H,17,18). The SMILES string of the molecule is COc1ccc(-c2cc[nH]c(=O)c2C(=O)O)cc1OC. The van der Waals surface area contributed by atoms with Crippen LogP contribution < -0.4 is 15.0 Å². The van der Waals surface area contributed by atoms with E-state index in [0.29, 0.717) is 22.6 Å². The molecule has 0 fully saturated rings. The fraction of sp³-hybridized carbons (Fsp3) is 0.143. The average molecular weight is 275 g/mol. The lowest BCUT2D eigenvalue weighted by Crippen LogP contribution is -2.18. The molecule has 1 aromatic heterocycles. The minimum Gasteiger partial charge on any atom is -0.493 e. The molecule has 1 heterocycles. The summed E-state index contributed by atoms with van der Waals surface area (Å²) in [7, 11) is 2.99. The van der Waals surface area contributed by atoms with Crippen LogP contribution in [0.5, 0.6) is 11.5 Å². The van der Waals surface area contributed by atoms with E-state index in [4.69, 9.17) is 14.6 Å². The van der Waals surface area contributed by atoms with Gasteiger partial charge < -0.3 is 19.6 Å². The summed E-state index contributed by atoms with van der Waals surface area (Å²) in [6.07, 6.45) is 1.40. The van der Waals surface area contributed by atoms with Crippen molar-refractivity contribution in [2.24, 2.45) is 0 Å². The molecule has 0 atom stereocenters. The predicted octanol–water partition coefficient (Wildman–Crippen LogP) is 1.76. The number of benzene rings is 1. The average Bonchev–Trinajstić information content (AvgIpc) is 2.45. The van der Waals surface area contributed by atoms with Crippen LogP contribution in [-0.4, -0.2) is 30.3 Å². The molecule has 0 bridgehead atoms. The van der Waals surface area contributed by atoms with Crippen molar-refractivity contribution in [2.75, 3.05) is 14.2 Å². The normalized spacial score (nSPS) is 10.1. The largest absolute Gasteiger partial charge is 0.493 e. The van der Waals surface area contributed by atoms with Crippen LogP contribution in [0.1, 0.15) is 10.4 Å². The lowest BCUT2D eigenvalue weighted by molar-refractivity contribution is 0.0696. The molecule has 2 N–H and O–H groups in total. The zero-order valence-corrected chi connectivity index (χ0v) is 11.0. The van der Waals surface area contributed by atoms with Crippen LogP contribution in [-0.2, 0) is 0 Å². The zero-order valence-electron chi connectivity index (χ0n) is 11.0. The third-order valence-corrected chi connectivity index (χ3v) is 2.87. The van der Waals surface area contributed by atoms with E-state index in [0.717, 1.165) is 0 Å². The second-order valence-electron chi connectivity index (χ2n) is 3.97. The van der Waals surface area contributed by atoms with Crippen molar-refractivity contribution in [2.45, 2.75) is 0 Å². The molecule has 0 aliphatic rings. The number of hydrogen-bond acceptors (Lipinski definition) is 4. The number of aromatic carboxylic acids is 1. The molecule has 0 radical (unpaired) electrons. The molecule has 0 amide bonds. The molecule has 1 aromatic carbocycles. The van der Waals surface area contributed by atoms with Crippen LogP contribution in [0.4, 0.5) is 0 Å². The molecule has 0 unspecified atom stereocenters. The van der Waals surface area contributed by atoms with Crippen LogP contribution in [0.2, 0.25) is 0 Å². The monoisotopic (exact) mass is 275 g/mol. The summed E-state index contributed by atoms with van der Waals surface area (Å²) in [6, 6.07) is 6.48. The maximum atomic E-state index is 11.6. The van der Waals surface area contributed by atoms with Crippen molar-refractivity contribution in [1.82, 2.24) is 4.98 Å². The molecule has 2 aromatic rings. The molecule has 20 heavy (non-hydrogen) atoms. The number of hydrogen-bond donors (Lipinski definition) is 2. The summed E-state index contributed by atoms with van der Waals surface area (Å²) < 4.78 is 10.3. The van der Waals surface area contributed by atoms with Crippen molar-refractivity contribution in [3.05, 3.63) is 46.4 Å². The smallest absolute Gasteiger partial charge is 0.341 e. The summed E-state index contributed by atoms with van der Waals surface area (Å²) in [6.45, 7) is 0. The van der Waals surface area contributed by atoms with Gasteiger partial charge in [0.15, 0.2) is 11.5 Å². The lowest BCUT2D eigenvalue weighted by atomic mass is 10.0. The highest BCUT2D eigenvalue weighted by Crippen LogP contribution is 2.32. The Labute approximate surface area is 114 Å². The summed E-state index contributed by atoms with van der Waals surface area (Å²) in [5.41, 5.74) is -0.0714. The quantitative estimate of drug-likeness (QED) is 0.887. The molecule has 0 aliphatic carbocycles. The Hall–Kier alpha value is -2.76. The van der Waals surface area contributed by atoms with Crippen LogP contribution in [0, 0.1) is 0 Å². The van der Waals surface area contributed by atoms with Gasteiger partial charge in [-0.2, -0.15) is 0 Å². The van der Waals surface area contributed by atoms with Gasteiger partial charge >= 0.3 is 5.97 Å². The second-order valence-corrected chi connectivity index (χ2v) is 3.97. The molecule has 0 aliphatic heterocycles. The number of carboxylic acids is 1. The maximum absolute atomic E-state index is 11.6. The number of rotatable bonds is 4. The molecule has 104 valence electrons. The highest BCUT2D eigenvalue weighted by Gasteiger charge is 2.17. The molecule has 2 rings (SSSR count). The number of H-pyrrole nitrogens is 1. The van der Waals surface area contributed by atoms with E-state index >= 15 is 0 Å². The molecule has 6 heteroatoms. The van der Waals surface area contributed by atoms with Gasteiger partial charge in [-0.05, 0) is 23.8 Å². The number of carboxylic acid groups (broad SMARTS) is 1. The Morgan fingerprint density at radius 3 is 2.45 bits per heavy atom. The summed E-state index contributed by atoms with van der Waals surface area (Å²) in [5, 5.41) is 9.16. The number of aromatic nitrogens is 1. The van der Waals surface area contributed by atoms with Crippen LogP contribution in [0.3, 0.4) is 0 Å². The van der Waals surface area contributed by atoms with Crippen molar-refractivity contribution in [1.29, 1.82) is 0 Å². The lowest BCUT2D eigenvalue weighted by Gasteiger charge is -2.10. The number of nitrogens with one attached hydrogen (secondary N) is 1. The van der Waals surface area contributed by atoms with Gasteiger partial charge in [0.2, 0.25) is 0 Å². The van der Waals surface area contributed by atoms with Crippen LogP contribution >= 0.6 is 0 Å². The maximum Gasteiger partial charge on any atom is 0.341 e. The molecular weight excluding hydrogens is 262 g/mol. The highest BCUT2D eigenvalue weighted by molar-refractivity contribution is 5.95. The Balaban J connectivity index is 2.66. The third-order valence-electron chi connectivity index (χ3n) is 2.87. The summed E-state index contributed by atoms with van der Waals surface area (Å²) >= 11 is 0. The minimum absolute atomic E-state index is 0.306. The number of ether oxygens (including phenoxy) is 2. The van der Waals surface area contributed by atoms with Gasteiger partial charge in [-0.25, -0.2) is 4.79 Å². The molecule has 0 saturated carbocycles. The number of aromatic amines is 1. The van der Waals surface area contributed by atoms with E-state index in [1.807, 2.05) is 0 Å². The van der Waals surface area contributed by atoms with Gasteiger partial charge in [0.25, 0.3) is 5.56 Å². The Morgan fingerprint density at radius 1 is 1.15 bits per heavy atom. The first-order valence-corrected chi connectivity index (χ1v) is 5.76.